The molecule has 0 bridgehead atoms. The maximum Gasteiger partial charge on any atom is 0.228 e. The zero-order valence-electron chi connectivity index (χ0n) is 13.4. The van der Waals surface area contributed by atoms with Crippen LogP contribution in [0.25, 0.3) is 5.65 Å². The molecule has 5 heteroatoms. The Bertz CT molecular complexity index is 616. The van der Waals surface area contributed by atoms with Gasteiger partial charge in [-0.25, -0.2) is 4.98 Å². The monoisotopic (exact) mass is 300 g/mol. The highest BCUT2D eigenvalue weighted by Crippen LogP contribution is 2.19. The molecule has 3 rings (SSSR count). The number of fused-ring (bicyclic) bond motifs is 1. The molecule has 1 aliphatic rings. The van der Waals surface area contributed by atoms with Gasteiger partial charge in [0, 0.05) is 31.5 Å². The number of aromatic nitrogens is 2. The summed E-state index contributed by atoms with van der Waals surface area (Å²) >= 11 is 0. The van der Waals surface area contributed by atoms with Crippen molar-refractivity contribution >= 4 is 11.6 Å². The van der Waals surface area contributed by atoms with Crippen LogP contribution in [-0.4, -0.2) is 58.3 Å². The first-order valence-corrected chi connectivity index (χ1v) is 8.00. The summed E-state index contributed by atoms with van der Waals surface area (Å²) in [6.45, 7) is 1.82. The first-order chi connectivity index (χ1) is 10.6. The van der Waals surface area contributed by atoms with Gasteiger partial charge in [-0.2, -0.15) is 0 Å². The third-order valence-electron chi connectivity index (χ3n) is 4.27. The Balaban J connectivity index is 1.71. The van der Waals surface area contributed by atoms with Crippen LogP contribution in [0.15, 0.2) is 30.6 Å². The van der Waals surface area contributed by atoms with Crippen LogP contribution < -0.4 is 0 Å². The predicted molar refractivity (Wildman–Crippen MR) is 86.8 cm³/mol. The van der Waals surface area contributed by atoms with Crippen LogP contribution in [0, 0.1) is 0 Å². The minimum absolute atomic E-state index is 0.204. The van der Waals surface area contributed by atoms with Gasteiger partial charge in [0.2, 0.25) is 5.91 Å². The van der Waals surface area contributed by atoms with Gasteiger partial charge < -0.3 is 14.2 Å². The van der Waals surface area contributed by atoms with Crippen molar-refractivity contribution in [3.63, 3.8) is 0 Å². The molecule has 1 aliphatic heterocycles. The fourth-order valence-electron chi connectivity index (χ4n) is 3.27. The Labute approximate surface area is 131 Å². The van der Waals surface area contributed by atoms with Crippen LogP contribution in [-0.2, 0) is 11.2 Å². The molecule has 0 aliphatic carbocycles. The number of carbonyl (C=O) groups excluding carboxylic acids is 1. The molecule has 1 fully saturated rings. The average Bonchev–Trinajstić information content (AvgIpc) is 2.89. The minimum Gasteiger partial charge on any atom is -0.338 e. The molecule has 2 aromatic heterocycles. The van der Waals surface area contributed by atoms with Gasteiger partial charge in [-0.15, -0.1) is 0 Å². The van der Waals surface area contributed by atoms with Crippen molar-refractivity contribution in [2.24, 2.45) is 0 Å². The minimum atomic E-state index is 0.204. The molecule has 2 aromatic rings. The first kappa shape index (κ1) is 15.0. The predicted octanol–water partition coefficient (Wildman–Crippen LogP) is 1.82. The summed E-state index contributed by atoms with van der Waals surface area (Å²) in [5.74, 6) is 0.204. The van der Waals surface area contributed by atoms with Gasteiger partial charge in [0.05, 0.1) is 12.1 Å². The lowest BCUT2D eigenvalue weighted by atomic mass is 10.0. The van der Waals surface area contributed by atoms with Crippen molar-refractivity contribution in [2.75, 3.05) is 27.2 Å². The van der Waals surface area contributed by atoms with Crippen LogP contribution in [0.3, 0.4) is 0 Å². The molecule has 0 radical (unpaired) electrons. The number of likely N-dealkylation sites (N-methyl/N-ethyl adjacent to an activating group) is 1. The number of carbonyl (C=O) groups is 1. The second-order valence-corrected chi connectivity index (χ2v) is 6.37. The zero-order chi connectivity index (χ0) is 15.5. The summed E-state index contributed by atoms with van der Waals surface area (Å²) in [4.78, 5) is 21.5. The van der Waals surface area contributed by atoms with Crippen molar-refractivity contribution in [2.45, 2.75) is 31.7 Å². The fraction of sp³-hybridized carbons (Fsp3) is 0.529. The Hall–Kier alpha value is -1.88. The number of hydrogen-bond acceptors (Lipinski definition) is 3. The average molecular weight is 300 g/mol. The second kappa shape index (κ2) is 6.48. The van der Waals surface area contributed by atoms with Gasteiger partial charge in [-0.3, -0.25) is 4.79 Å². The lowest BCUT2D eigenvalue weighted by molar-refractivity contribution is -0.134. The number of hydrogen-bond donors (Lipinski definition) is 0. The van der Waals surface area contributed by atoms with Gasteiger partial charge in [-0.05, 0) is 45.5 Å². The molecule has 0 N–H and O–H groups in total. The number of imidazole rings is 1. The number of likely N-dealkylation sites (tertiary alicyclic amines) is 1. The molecule has 1 amide bonds. The van der Waals surface area contributed by atoms with E-state index in [2.05, 4.69) is 28.9 Å². The molecule has 22 heavy (non-hydrogen) atoms. The summed E-state index contributed by atoms with van der Waals surface area (Å²) in [7, 11) is 4.14. The summed E-state index contributed by atoms with van der Waals surface area (Å²) in [6.07, 6.45) is 7.75. The second-order valence-electron chi connectivity index (χ2n) is 6.37. The molecular weight excluding hydrogens is 276 g/mol. The van der Waals surface area contributed by atoms with Crippen molar-refractivity contribution in [3.8, 4) is 0 Å². The van der Waals surface area contributed by atoms with E-state index in [0.29, 0.717) is 12.5 Å². The van der Waals surface area contributed by atoms with Crippen LogP contribution in [0.2, 0.25) is 0 Å². The fourth-order valence-corrected chi connectivity index (χ4v) is 3.27. The van der Waals surface area contributed by atoms with Gasteiger partial charge >= 0.3 is 0 Å². The lowest BCUT2D eigenvalue weighted by Gasteiger charge is -2.37. The van der Waals surface area contributed by atoms with Gasteiger partial charge in [0.15, 0.2) is 0 Å². The van der Waals surface area contributed by atoms with Crippen molar-refractivity contribution in [1.29, 1.82) is 0 Å². The molecular formula is C17H24N4O. The number of pyridine rings is 1. The highest BCUT2D eigenvalue weighted by atomic mass is 16.2. The summed E-state index contributed by atoms with van der Waals surface area (Å²) < 4.78 is 1.97. The molecule has 1 atom stereocenters. The highest BCUT2D eigenvalue weighted by Gasteiger charge is 2.27. The summed E-state index contributed by atoms with van der Waals surface area (Å²) in [5, 5.41) is 0. The third kappa shape index (κ3) is 3.30. The molecule has 118 valence electrons. The normalized spacial score (nSPS) is 19.0. The van der Waals surface area contributed by atoms with E-state index in [4.69, 9.17) is 0 Å². The van der Waals surface area contributed by atoms with E-state index in [-0.39, 0.29) is 5.91 Å². The number of amides is 1. The van der Waals surface area contributed by atoms with E-state index < -0.39 is 0 Å². The molecule has 0 saturated carbocycles. The van der Waals surface area contributed by atoms with Crippen LogP contribution in [0.4, 0.5) is 0 Å². The highest BCUT2D eigenvalue weighted by molar-refractivity contribution is 5.79. The molecule has 3 heterocycles. The maximum atomic E-state index is 12.7. The number of piperidine rings is 1. The summed E-state index contributed by atoms with van der Waals surface area (Å²) in [6, 6.07) is 6.24. The number of nitrogens with zero attached hydrogens (tertiary/aromatic N) is 4. The number of rotatable bonds is 4. The SMILES string of the molecule is CN(C)C[C@@H]1CCCCN1C(=O)Cc1cn2ccccc2n1. The first-order valence-electron chi connectivity index (χ1n) is 8.00. The van der Waals surface area contributed by atoms with E-state index in [0.717, 1.165) is 37.3 Å². The molecule has 0 unspecified atom stereocenters. The Morgan fingerprint density at radius 2 is 2.23 bits per heavy atom. The topological polar surface area (TPSA) is 40.9 Å². The molecule has 0 aromatic carbocycles. The van der Waals surface area contributed by atoms with E-state index in [1.165, 1.54) is 6.42 Å². The Morgan fingerprint density at radius 1 is 1.36 bits per heavy atom. The molecule has 1 saturated heterocycles. The van der Waals surface area contributed by atoms with E-state index in [1.807, 2.05) is 35.0 Å². The smallest absolute Gasteiger partial charge is 0.228 e. The largest absolute Gasteiger partial charge is 0.338 e. The lowest BCUT2D eigenvalue weighted by Crippen LogP contribution is -2.48. The molecule has 5 nitrogen and oxygen atoms in total. The van der Waals surface area contributed by atoms with Crippen LogP contribution in [0.1, 0.15) is 25.0 Å². The van der Waals surface area contributed by atoms with Gasteiger partial charge in [0.25, 0.3) is 0 Å². The van der Waals surface area contributed by atoms with Crippen LogP contribution >= 0.6 is 0 Å². The standard InChI is InChI=1S/C17H24N4O/c1-19(2)13-15-7-3-6-10-21(15)17(22)11-14-12-20-9-5-4-8-16(20)18-14/h4-5,8-9,12,15H,3,6-7,10-11,13H2,1-2H3/t15-/m0/s1. The summed E-state index contributed by atoms with van der Waals surface area (Å²) in [5.41, 5.74) is 1.75. The van der Waals surface area contributed by atoms with E-state index in [9.17, 15) is 4.79 Å². The zero-order valence-corrected chi connectivity index (χ0v) is 13.4. The Morgan fingerprint density at radius 3 is 3.00 bits per heavy atom. The molecule has 0 spiro atoms. The quantitative estimate of drug-likeness (QED) is 0.865. The van der Waals surface area contributed by atoms with Crippen molar-refractivity contribution in [1.82, 2.24) is 19.2 Å². The van der Waals surface area contributed by atoms with Gasteiger partial charge in [-0.1, -0.05) is 6.07 Å². The Kier molecular flexibility index (Phi) is 4.43. The maximum absolute atomic E-state index is 12.7. The third-order valence-corrected chi connectivity index (χ3v) is 4.27. The van der Waals surface area contributed by atoms with Crippen molar-refractivity contribution in [3.05, 3.63) is 36.3 Å². The van der Waals surface area contributed by atoms with Gasteiger partial charge in [0.1, 0.15) is 5.65 Å². The van der Waals surface area contributed by atoms with Crippen LogP contribution in [0.5, 0.6) is 0 Å². The van der Waals surface area contributed by atoms with E-state index >= 15 is 0 Å². The van der Waals surface area contributed by atoms with E-state index in [1.54, 1.807) is 0 Å². The van der Waals surface area contributed by atoms with Crippen molar-refractivity contribution < 1.29 is 4.79 Å².